The predicted octanol–water partition coefficient (Wildman–Crippen LogP) is 3.38. The number of rotatable bonds is 4. The summed E-state index contributed by atoms with van der Waals surface area (Å²) in [7, 11) is -2.41. The summed E-state index contributed by atoms with van der Waals surface area (Å²) < 4.78 is 58.1. The molecule has 0 spiro atoms. The number of sulfonamides is 1. The second-order valence-corrected chi connectivity index (χ2v) is 6.88. The monoisotopic (exact) mass is 425 g/mol. The lowest BCUT2D eigenvalue weighted by atomic mass is 10.3. The zero-order valence-electron chi connectivity index (χ0n) is 10.7. The van der Waals surface area contributed by atoms with Crippen molar-refractivity contribution < 1.29 is 21.9 Å². The van der Waals surface area contributed by atoms with Gasteiger partial charge in [-0.15, -0.1) is 0 Å². The maximum atomic E-state index is 13.1. The molecule has 0 saturated heterocycles. The fourth-order valence-electron chi connectivity index (χ4n) is 1.59. The van der Waals surface area contributed by atoms with Gasteiger partial charge in [-0.3, -0.25) is 4.72 Å². The Hall–Kier alpha value is -1.42. The van der Waals surface area contributed by atoms with Gasteiger partial charge in [0, 0.05) is 6.07 Å². The smallest absolute Gasteiger partial charge is 0.261 e. The van der Waals surface area contributed by atoms with Crippen LogP contribution < -0.4 is 9.46 Å². The number of benzene rings is 2. The molecule has 2 aromatic rings. The van der Waals surface area contributed by atoms with E-state index in [-0.39, 0.29) is 10.6 Å². The number of halogens is 3. The van der Waals surface area contributed by atoms with E-state index in [9.17, 15) is 17.2 Å². The summed E-state index contributed by atoms with van der Waals surface area (Å²) in [5.41, 5.74) is -0.0558. The van der Waals surface area contributed by atoms with Gasteiger partial charge in [0.2, 0.25) is 0 Å². The fourth-order valence-corrected chi connectivity index (χ4v) is 3.61. The van der Waals surface area contributed by atoms with Gasteiger partial charge in [0.15, 0.2) is 11.6 Å². The van der Waals surface area contributed by atoms with E-state index in [4.69, 9.17) is 4.74 Å². The van der Waals surface area contributed by atoms with Gasteiger partial charge in [-0.2, -0.15) is 0 Å². The van der Waals surface area contributed by atoms with Crippen LogP contribution in [-0.4, -0.2) is 15.5 Å². The molecule has 0 radical (unpaired) electrons. The minimum atomic E-state index is -3.89. The number of anilines is 1. The highest BCUT2D eigenvalue weighted by Gasteiger charge is 2.17. The Morgan fingerprint density at radius 3 is 2.38 bits per heavy atom. The molecule has 8 heteroatoms. The van der Waals surface area contributed by atoms with Gasteiger partial charge in [0.25, 0.3) is 10.0 Å². The van der Waals surface area contributed by atoms with E-state index >= 15 is 0 Å². The first-order chi connectivity index (χ1) is 9.83. The first kappa shape index (κ1) is 16.0. The van der Waals surface area contributed by atoms with E-state index in [1.54, 1.807) is 0 Å². The van der Waals surface area contributed by atoms with E-state index in [1.165, 1.54) is 25.3 Å². The Labute approximate surface area is 134 Å². The summed E-state index contributed by atoms with van der Waals surface area (Å²) in [5.74, 6) is -1.63. The molecule has 0 atom stereocenters. The minimum Gasteiger partial charge on any atom is -0.496 e. The van der Waals surface area contributed by atoms with Crippen LogP contribution in [0, 0.1) is 15.2 Å². The number of ether oxygens (including phenoxy) is 1. The van der Waals surface area contributed by atoms with Crippen molar-refractivity contribution in [2.24, 2.45) is 0 Å². The standard InChI is InChI=1S/C13H10F2INO3S/c1-20-13-5-3-9(7-12(13)16)21(18,19)17-8-2-4-10(14)11(15)6-8/h2-7,17H,1H3. The Morgan fingerprint density at radius 1 is 1.10 bits per heavy atom. The van der Waals surface area contributed by atoms with E-state index in [2.05, 4.69) is 4.72 Å². The molecule has 2 aromatic carbocycles. The van der Waals surface area contributed by atoms with Crippen LogP contribution in [0.2, 0.25) is 0 Å². The first-order valence-corrected chi connectivity index (χ1v) is 8.21. The van der Waals surface area contributed by atoms with Crippen LogP contribution >= 0.6 is 22.6 Å². The molecule has 0 aliphatic heterocycles. The van der Waals surface area contributed by atoms with Gasteiger partial charge < -0.3 is 4.74 Å². The van der Waals surface area contributed by atoms with Crippen molar-refractivity contribution in [3.05, 3.63) is 51.6 Å². The highest BCUT2D eigenvalue weighted by molar-refractivity contribution is 14.1. The molecule has 1 N–H and O–H groups in total. The molecule has 0 unspecified atom stereocenters. The molecule has 112 valence electrons. The van der Waals surface area contributed by atoms with E-state index in [1.807, 2.05) is 22.6 Å². The average molecular weight is 425 g/mol. The molecule has 4 nitrogen and oxygen atoms in total. The van der Waals surface area contributed by atoms with Crippen molar-refractivity contribution >= 4 is 38.3 Å². The molecule has 0 aromatic heterocycles. The molecule has 0 amide bonds. The van der Waals surface area contributed by atoms with Crippen molar-refractivity contribution in [1.29, 1.82) is 0 Å². The van der Waals surface area contributed by atoms with Crippen LogP contribution in [0.15, 0.2) is 41.3 Å². The third-order valence-corrected chi connectivity index (χ3v) is 4.83. The third-order valence-electron chi connectivity index (χ3n) is 2.61. The van der Waals surface area contributed by atoms with Gasteiger partial charge in [0.05, 0.1) is 21.3 Å². The Morgan fingerprint density at radius 2 is 1.81 bits per heavy atom. The number of hydrogen-bond acceptors (Lipinski definition) is 3. The average Bonchev–Trinajstić information content (AvgIpc) is 2.42. The lowest BCUT2D eigenvalue weighted by molar-refractivity contribution is 0.411. The minimum absolute atomic E-state index is 0.00238. The van der Waals surface area contributed by atoms with Gasteiger partial charge in [-0.25, -0.2) is 17.2 Å². The molecule has 2 rings (SSSR count). The molecular formula is C13H10F2INO3S. The molecule has 0 saturated carbocycles. The fraction of sp³-hybridized carbons (Fsp3) is 0.0769. The second-order valence-electron chi connectivity index (χ2n) is 4.03. The number of methoxy groups -OCH3 is 1. The van der Waals surface area contributed by atoms with Gasteiger partial charge in [-0.1, -0.05) is 0 Å². The molecule has 0 aliphatic rings. The Bertz CT molecular complexity index is 781. The van der Waals surface area contributed by atoms with Crippen LogP contribution in [0.4, 0.5) is 14.5 Å². The summed E-state index contributed by atoms with van der Waals surface area (Å²) in [6.07, 6.45) is 0. The summed E-state index contributed by atoms with van der Waals surface area (Å²) in [4.78, 5) is -0.00238. The van der Waals surface area contributed by atoms with Gasteiger partial charge in [0.1, 0.15) is 5.75 Å². The number of nitrogens with one attached hydrogen (secondary N) is 1. The van der Waals surface area contributed by atoms with Crippen molar-refractivity contribution in [2.75, 3.05) is 11.8 Å². The summed E-state index contributed by atoms with van der Waals surface area (Å²) in [6.45, 7) is 0. The Balaban J connectivity index is 2.33. The van der Waals surface area contributed by atoms with Crippen LogP contribution in [-0.2, 0) is 10.0 Å². The van der Waals surface area contributed by atoms with Crippen LogP contribution in [0.25, 0.3) is 0 Å². The second kappa shape index (κ2) is 6.14. The molecule has 0 bridgehead atoms. The quantitative estimate of drug-likeness (QED) is 0.765. The predicted molar refractivity (Wildman–Crippen MR) is 82.9 cm³/mol. The van der Waals surface area contributed by atoms with Gasteiger partial charge in [-0.05, 0) is 52.9 Å². The van der Waals surface area contributed by atoms with Crippen molar-refractivity contribution in [1.82, 2.24) is 0 Å². The maximum absolute atomic E-state index is 13.1. The third kappa shape index (κ3) is 3.62. The summed E-state index contributed by atoms with van der Waals surface area (Å²) >= 11 is 1.94. The van der Waals surface area contributed by atoms with Crippen molar-refractivity contribution in [3.63, 3.8) is 0 Å². The van der Waals surface area contributed by atoms with Crippen LogP contribution in [0.1, 0.15) is 0 Å². The van der Waals surface area contributed by atoms with Crippen molar-refractivity contribution in [3.8, 4) is 5.75 Å². The molecule has 0 fully saturated rings. The van der Waals surface area contributed by atoms with E-state index < -0.39 is 21.7 Å². The first-order valence-electron chi connectivity index (χ1n) is 5.65. The highest BCUT2D eigenvalue weighted by Crippen LogP contribution is 2.25. The maximum Gasteiger partial charge on any atom is 0.261 e. The van der Waals surface area contributed by atoms with E-state index in [0.29, 0.717) is 9.32 Å². The largest absolute Gasteiger partial charge is 0.496 e. The zero-order valence-corrected chi connectivity index (χ0v) is 13.7. The normalized spacial score (nSPS) is 11.2. The van der Waals surface area contributed by atoms with Crippen LogP contribution in [0.3, 0.4) is 0 Å². The molecule has 21 heavy (non-hydrogen) atoms. The summed E-state index contributed by atoms with van der Waals surface area (Å²) in [5, 5.41) is 0. The Kier molecular flexibility index (Phi) is 4.67. The van der Waals surface area contributed by atoms with Gasteiger partial charge >= 0.3 is 0 Å². The zero-order chi connectivity index (χ0) is 15.6. The number of hydrogen-bond donors (Lipinski definition) is 1. The topological polar surface area (TPSA) is 55.4 Å². The molecule has 0 aliphatic carbocycles. The lowest BCUT2D eigenvalue weighted by Gasteiger charge is -2.10. The van der Waals surface area contributed by atoms with E-state index in [0.717, 1.165) is 18.2 Å². The van der Waals surface area contributed by atoms with Crippen LogP contribution in [0.5, 0.6) is 5.75 Å². The lowest BCUT2D eigenvalue weighted by Crippen LogP contribution is -2.13. The summed E-state index contributed by atoms with van der Waals surface area (Å²) in [6, 6.07) is 7.07. The SMILES string of the molecule is COc1ccc(S(=O)(=O)Nc2ccc(F)c(F)c2)cc1I. The molecular weight excluding hydrogens is 415 g/mol. The van der Waals surface area contributed by atoms with Crippen molar-refractivity contribution in [2.45, 2.75) is 4.90 Å². The highest BCUT2D eigenvalue weighted by atomic mass is 127. The molecule has 0 heterocycles.